The van der Waals surface area contributed by atoms with E-state index in [4.69, 9.17) is 21.7 Å². The number of carbonyl (C=O) groups is 5. The number of hydrogen-bond acceptors (Lipinski definition) is 7. The Hall–Kier alpha value is -2.73. The number of nitrogens with two attached hydrogens (primary N) is 2. The van der Waals surface area contributed by atoms with Gasteiger partial charge in [0.2, 0.25) is 17.7 Å². The molecular weight excluding hydrogens is 410 g/mol. The lowest BCUT2D eigenvalue weighted by atomic mass is 10.0. The highest BCUT2D eigenvalue weighted by atomic mass is 16.4. The third-order valence-corrected chi connectivity index (χ3v) is 4.33. The summed E-state index contributed by atoms with van der Waals surface area (Å²) in [7, 11) is 0. The van der Waals surface area contributed by atoms with Crippen LogP contribution in [0.5, 0.6) is 0 Å². The van der Waals surface area contributed by atoms with Gasteiger partial charge in [-0.15, -0.1) is 0 Å². The highest BCUT2D eigenvalue weighted by molar-refractivity contribution is 5.94. The second-order valence-corrected chi connectivity index (χ2v) is 7.82. The van der Waals surface area contributed by atoms with Gasteiger partial charge in [0.15, 0.2) is 0 Å². The fraction of sp³-hybridized carbons (Fsp3) is 0.737. The predicted octanol–water partition coefficient (Wildman–Crippen LogP) is -1.48. The van der Waals surface area contributed by atoms with E-state index in [0.29, 0.717) is 19.4 Å². The second-order valence-electron chi connectivity index (χ2n) is 7.82. The molecule has 0 saturated carbocycles. The van der Waals surface area contributed by atoms with E-state index >= 15 is 0 Å². The summed E-state index contributed by atoms with van der Waals surface area (Å²) >= 11 is 0. The quantitative estimate of drug-likeness (QED) is 0.146. The number of carbonyl (C=O) groups excluding carboxylic acids is 3. The van der Waals surface area contributed by atoms with Crippen LogP contribution in [0, 0.1) is 5.92 Å². The molecule has 3 amide bonds. The maximum Gasteiger partial charge on any atom is 0.326 e. The van der Waals surface area contributed by atoms with Crippen molar-refractivity contribution in [1.29, 1.82) is 0 Å². The summed E-state index contributed by atoms with van der Waals surface area (Å²) in [5.74, 6) is -4.85. The summed E-state index contributed by atoms with van der Waals surface area (Å²) in [6.45, 7) is 5.54. The van der Waals surface area contributed by atoms with E-state index in [9.17, 15) is 24.0 Å². The van der Waals surface area contributed by atoms with Gasteiger partial charge in [-0.1, -0.05) is 13.8 Å². The molecule has 0 aliphatic heterocycles. The molecule has 0 aromatic carbocycles. The van der Waals surface area contributed by atoms with Gasteiger partial charge in [0.25, 0.3) is 0 Å². The van der Waals surface area contributed by atoms with Crippen molar-refractivity contribution in [2.45, 2.75) is 77.0 Å². The van der Waals surface area contributed by atoms with Gasteiger partial charge in [-0.3, -0.25) is 19.2 Å². The highest BCUT2D eigenvalue weighted by Gasteiger charge is 2.30. The van der Waals surface area contributed by atoms with E-state index < -0.39 is 60.2 Å². The molecule has 0 spiro atoms. The van der Waals surface area contributed by atoms with Crippen molar-refractivity contribution in [2.24, 2.45) is 17.4 Å². The third-order valence-electron chi connectivity index (χ3n) is 4.33. The molecule has 0 bridgehead atoms. The summed E-state index contributed by atoms with van der Waals surface area (Å²) in [4.78, 5) is 59.5. The molecule has 0 heterocycles. The Labute approximate surface area is 181 Å². The van der Waals surface area contributed by atoms with E-state index in [1.807, 2.05) is 13.8 Å². The summed E-state index contributed by atoms with van der Waals surface area (Å²) < 4.78 is 0. The molecule has 0 aliphatic rings. The van der Waals surface area contributed by atoms with Crippen molar-refractivity contribution in [3.63, 3.8) is 0 Å². The van der Waals surface area contributed by atoms with Gasteiger partial charge < -0.3 is 37.6 Å². The second kappa shape index (κ2) is 14.3. The predicted molar refractivity (Wildman–Crippen MR) is 112 cm³/mol. The topological polar surface area (TPSA) is 214 Å². The fourth-order valence-electron chi connectivity index (χ4n) is 2.69. The van der Waals surface area contributed by atoms with Crippen LogP contribution in [-0.2, 0) is 24.0 Å². The lowest BCUT2D eigenvalue weighted by Crippen LogP contribution is -2.57. The molecule has 0 aromatic rings. The Bertz CT molecular complexity index is 639. The van der Waals surface area contributed by atoms with Crippen LogP contribution in [0.3, 0.4) is 0 Å². The number of amides is 3. The van der Waals surface area contributed by atoms with Crippen molar-refractivity contribution in [3.05, 3.63) is 0 Å². The summed E-state index contributed by atoms with van der Waals surface area (Å²) in [5.41, 5.74) is 11.0. The monoisotopic (exact) mass is 445 g/mol. The van der Waals surface area contributed by atoms with E-state index in [0.717, 1.165) is 0 Å². The molecule has 0 rings (SSSR count). The zero-order chi connectivity index (χ0) is 24.1. The first-order chi connectivity index (χ1) is 14.4. The number of carboxylic acids is 2. The number of carboxylic acid groups (broad SMARTS) is 2. The average Bonchev–Trinajstić information content (AvgIpc) is 2.64. The van der Waals surface area contributed by atoms with Crippen LogP contribution in [-0.4, -0.2) is 70.6 Å². The van der Waals surface area contributed by atoms with Crippen molar-refractivity contribution >= 4 is 29.7 Å². The Balaban J connectivity index is 5.44. The molecule has 0 aromatic heterocycles. The first-order valence-electron chi connectivity index (χ1n) is 10.2. The molecule has 4 atom stereocenters. The summed E-state index contributed by atoms with van der Waals surface area (Å²) in [5, 5.41) is 25.2. The van der Waals surface area contributed by atoms with E-state index in [1.54, 1.807) is 0 Å². The lowest BCUT2D eigenvalue weighted by Gasteiger charge is -2.25. The Kier molecular flexibility index (Phi) is 13.0. The van der Waals surface area contributed by atoms with Crippen LogP contribution < -0.4 is 27.4 Å². The zero-order valence-electron chi connectivity index (χ0n) is 18.2. The number of unbranched alkanes of at least 4 members (excludes halogenated alkanes) is 1. The number of aliphatic carboxylic acids is 2. The highest BCUT2D eigenvalue weighted by Crippen LogP contribution is 2.08. The molecule has 0 radical (unpaired) electrons. The van der Waals surface area contributed by atoms with Gasteiger partial charge in [0.1, 0.15) is 18.1 Å². The average molecular weight is 446 g/mol. The van der Waals surface area contributed by atoms with Crippen molar-refractivity contribution in [3.8, 4) is 0 Å². The van der Waals surface area contributed by atoms with Gasteiger partial charge >= 0.3 is 11.9 Å². The van der Waals surface area contributed by atoms with E-state index in [-0.39, 0.29) is 18.8 Å². The van der Waals surface area contributed by atoms with Gasteiger partial charge in [0, 0.05) is 0 Å². The maximum atomic E-state index is 12.8. The normalized spacial score (nSPS) is 14.8. The largest absolute Gasteiger partial charge is 0.481 e. The molecule has 0 aliphatic carbocycles. The maximum absolute atomic E-state index is 12.8. The number of hydrogen-bond donors (Lipinski definition) is 7. The minimum atomic E-state index is -1.65. The van der Waals surface area contributed by atoms with Gasteiger partial charge in [-0.05, 0) is 45.1 Å². The molecule has 0 fully saturated rings. The molecule has 31 heavy (non-hydrogen) atoms. The van der Waals surface area contributed by atoms with Crippen molar-refractivity contribution in [1.82, 2.24) is 16.0 Å². The van der Waals surface area contributed by atoms with E-state index in [1.165, 1.54) is 6.92 Å². The van der Waals surface area contributed by atoms with Crippen LogP contribution in [0.1, 0.15) is 52.9 Å². The van der Waals surface area contributed by atoms with Crippen molar-refractivity contribution in [2.75, 3.05) is 6.54 Å². The Morgan fingerprint density at radius 3 is 1.77 bits per heavy atom. The standard InChI is InChI=1S/C19H35N5O7/c1-10(2)8-13(23-16(27)11(3)21)18(29)22-12(6-4-5-7-20)17(28)24-14(19(30)31)9-15(25)26/h10-14H,4-9,20-21H2,1-3H3,(H,22,29)(H,23,27)(H,24,28)(H,25,26)(H,30,31). The molecule has 0 saturated heterocycles. The Morgan fingerprint density at radius 2 is 1.32 bits per heavy atom. The van der Waals surface area contributed by atoms with Gasteiger partial charge in [-0.2, -0.15) is 0 Å². The first-order valence-corrected chi connectivity index (χ1v) is 10.2. The van der Waals surface area contributed by atoms with Crippen LogP contribution in [0.15, 0.2) is 0 Å². The SMILES string of the molecule is CC(C)CC(NC(=O)C(C)N)C(=O)NC(CCCCN)C(=O)NC(CC(=O)O)C(=O)O. The van der Waals surface area contributed by atoms with Gasteiger partial charge in [0.05, 0.1) is 12.5 Å². The fourth-order valence-corrected chi connectivity index (χ4v) is 2.69. The minimum Gasteiger partial charge on any atom is -0.481 e. The Morgan fingerprint density at radius 1 is 0.806 bits per heavy atom. The summed E-state index contributed by atoms with van der Waals surface area (Å²) in [6, 6.07) is -4.56. The van der Waals surface area contributed by atoms with Crippen LogP contribution >= 0.6 is 0 Å². The number of nitrogens with one attached hydrogen (secondary N) is 3. The molecule has 12 nitrogen and oxygen atoms in total. The zero-order valence-corrected chi connectivity index (χ0v) is 18.2. The van der Waals surface area contributed by atoms with Gasteiger partial charge in [-0.25, -0.2) is 4.79 Å². The third kappa shape index (κ3) is 11.9. The number of rotatable bonds is 15. The van der Waals surface area contributed by atoms with Crippen LogP contribution in [0.2, 0.25) is 0 Å². The molecule has 9 N–H and O–H groups in total. The molecule has 12 heteroatoms. The van der Waals surface area contributed by atoms with Crippen LogP contribution in [0.4, 0.5) is 0 Å². The van der Waals surface area contributed by atoms with Crippen molar-refractivity contribution < 1.29 is 34.2 Å². The van der Waals surface area contributed by atoms with E-state index in [2.05, 4.69) is 16.0 Å². The first kappa shape index (κ1) is 28.3. The summed E-state index contributed by atoms with van der Waals surface area (Å²) in [6.07, 6.45) is 0.660. The molecule has 4 unspecified atom stereocenters. The van der Waals surface area contributed by atoms with Crippen LogP contribution in [0.25, 0.3) is 0 Å². The molecule has 178 valence electrons. The molecular formula is C19H35N5O7. The smallest absolute Gasteiger partial charge is 0.326 e. The lowest BCUT2D eigenvalue weighted by molar-refractivity contribution is -0.147. The minimum absolute atomic E-state index is 0.0422.